The number of carbonyl (C=O) groups excluding carboxylic acids is 1. The first kappa shape index (κ1) is 22.0. The molecule has 0 spiro atoms. The number of carboxylic acid groups (broad SMARTS) is 1. The summed E-state index contributed by atoms with van der Waals surface area (Å²) >= 11 is 0. The Kier molecular flexibility index (Phi) is 6.34. The summed E-state index contributed by atoms with van der Waals surface area (Å²) in [6.07, 6.45) is 2.04. The third-order valence-electron chi connectivity index (χ3n) is 4.86. The molecule has 0 fully saturated rings. The normalized spacial score (nSPS) is 11.4. The molecule has 6 nitrogen and oxygen atoms in total. The fourth-order valence-electron chi connectivity index (χ4n) is 3.57. The van der Waals surface area contributed by atoms with Gasteiger partial charge in [0.15, 0.2) is 5.78 Å². The van der Waals surface area contributed by atoms with Gasteiger partial charge in [0.2, 0.25) is 0 Å². The average molecular weight is 423 g/mol. The van der Waals surface area contributed by atoms with Crippen LogP contribution in [0.3, 0.4) is 0 Å². The lowest BCUT2D eigenvalue weighted by atomic mass is 9.96. The molecule has 1 N–H and O–H groups in total. The van der Waals surface area contributed by atoms with Crippen molar-refractivity contribution < 1.29 is 23.8 Å². The zero-order chi connectivity index (χ0) is 22.7. The molecule has 0 unspecified atom stereocenters. The molecule has 0 saturated carbocycles. The Morgan fingerprint density at radius 3 is 2.45 bits per heavy atom. The van der Waals surface area contributed by atoms with E-state index in [1.54, 1.807) is 28.8 Å². The molecule has 1 aromatic heterocycles. The highest BCUT2D eigenvalue weighted by molar-refractivity contribution is 6.06. The first-order valence-corrected chi connectivity index (χ1v) is 9.68. The van der Waals surface area contributed by atoms with Gasteiger partial charge in [0, 0.05) is 28.6 Å². The van der Waals surface area contributed by atoms with E-state index in [4.69, 9.17) is 9.84 Å². The Hall–Kier alpha value is -3.74. The minimum Gasteiger partial charge on any atom is -0.496 e. The van der Waals surface area contributed by atoms with Crippen LogP contribution in [0.2, 0.25) is 0 Å². The summed E-state index contributed by atoms with van der Waals surface area (Å²) < 4.78 is 20.8. The molecule has 0 saturated heterocycles. The summed E-state index contributed by atoms with van der Waals surface area (Å²) in [5.74, 6) is -2.08. The standard InChI is InChI=1S/C24H22FNO5/c1-14(2)26-23(20-10-8-15(25)12-21(20)31-3)18(11-9-16(27)13-22(28)29)17-6-4-5-7-19(17)24(26)30/h4-12,14H,13H2,1-3H3,(H,28,29). The summed E-state index contributed by atoms with van der Waals surface area (Å²) in [5, 5.41) is 9.92. The van der Waals surface area contributed by atoms with Gasteiger partial charge in [-0.2, -0.15) is 0 Å². The van der Waals surface area contributed by atoms with Crippen molar-refractivity contribution in [1.29, 1.82) is 0 Å². The number of ketones is 1. The molecule has 0 aliphatic heterocycles. The number of aromatic nitrogens is 1. The third-order valence-corrected chi connectivity index (χ3v) is 4.86. The van der Waals surface area contributed by atoms with Gasteiger partial charge < -0.3 is 14.4 Å². The lowest BCUT2D eigenvalue weighted by Gasteiger charge is -2.22. The molecule has 0 aliphatic carbocycles. The summed E-state index contributed by atoms with van der Waals surface area (Å²) in [6, 6.07) is 10.7. The lowest BCUT2D eigenvalue weighted by Crippen LogP contribution is -2.25. The predicted molar refractivity (Wildman–Crippen MR) is 117 cm³/mol. The van der Waals surface area contributed by atoms with E-state index < -0.39 is 24.0 Å². The summed E-state index contributed by atoms with van der Waals surface area (Å²) in [7, 11) is 1.41. The summed E-state index contributed by atoms with van der Waals surface area (Å²) in [5.41, 5.74) is 1.23. The minimum absolute atomic E-state index is 0.232. The number of carboxylic acids is 1. The average Bonchev–Trinajstić information content (AvgIpc) is 2.72. The third kappa shape index (κ3) is 4.40. The van der Waals surface area contributed by atoms with Gasteiger partial charge in [-0.1, -0.05) is 18.2 Å². The van der Waals surface area contributed by atoms with Crippen LogP contribution in [-0.4, -0.2) is 28.5 Å². The first-order chi connectivity index (χ1) is 14.7. The molecule has 3 aromatic rings. The highest BCUT2D eigenvalue weighted by atomic mass is 19.1. The number of allylic oxidation sites excluding steroid dienone is 1. The SMILES string of the molecule is COc1cc(F)ccc1-c1c(C=CC(=O)CC(=O)O)c2ccccc2c(=O)n1C(C)C. The number of rotatable bonds is 7. The highest BCUT2D eigenvalue weighted by Gasteiger charge is 2.21. The van der Waals surface area contributed by atoms with Crippen molar-refractivity contribution in [3.05, 3.63) is 70.3 Å². The number of fused-ring (bicyclic) bond motifs is 1. The fourth-order valence-corrected chi connectivity index (χ4v) is 3.57. The van der Waals surface area contributed by atoms with Crippen LogP contribution in [0.5, 0.6) is 5.75 Å². The number of hydrogen-bond donors (Lipinski definition) is 1. The van der Waals surface area contributed by atoms with Crippen LogP contribution in [0, 0.1) is 5.82 Å². The Balaban J connectivity index is 2.45. The highest BCUT2D eigenvalue weighted by Crippen LogP contribution is 2.37. The molecule has 3 rings (SSSR count). The molecule has 2 aromatic carbocycles. The van der Waals surface area contributed by atoms with Gasteiger partial charge >= 0.3 is 5.97 Å². The second-order valence-corrected chi connectivity index (χ2v) is 7.29. The number of methoxy groups -OCH3 is 1. The van der Waals surface area contributed by atoms with E-state index in [2.05, 4.69) is 0 Å². The molecule has 0 radical (unpaired) electrons. The topological polar surface area (TPSA) is 85.6 Å². The van der Waals surface area contributed by atoms with Gasteiger partial charge in [0.05, 0.1) is 12.8 Å². The van der Waals surface area contributed by atoms with Crippen LogP contribution < -0.4 is 10.3 Å². The van der Waals surface area contributed by atoms with Gasteiger partial charge in [-0.05, 0) is 49.6 Å². The molecular formula is C24H22FNO5. The quantitative estimate of drug-likeness (QED) is 0.448. The maximum atomic E-state index is 13.9. The van der Waals surface area contributed by atoms with Crippen molar-refractivity contribution in [1.82, 2.24) is 4.57 Å². The van der Waals surface area contributed by atoms with Crippen molar-refractivity contribution in [3.63, 3.8) is 0 Å². The zero-order valence-corrected chi connectivity index (χ0v) is 17.4. The van der Waals surface area contributed by atoms with Crippen LogP contribution in [0.4, 0.5) is 4.39 Å². The van der Waals surface area contributed by atoms with Crippen molar-refractivity contribution in [2.24, 2.45) is 0 Å². The molecule has 31 heavy (non-hydrogen) atoms. The van der Waals surface area contributed by atoms with Crippen LogP contribution in [-0.2, 0) is 9.59 Å². The van der Waals surface area contributed by atoms with Crippen LogP contribution in [0.25, 0.3) is 28.1 Å². The van der Waals surface area contributed by atoms with E-state index in [0.717, 1.165) is 0 Å². The lowest BCUT2D eigenvalue weighted by molar-refractivity contribution is -0.139. The predicted octanol–water partition coefficient (Wildman–Crippen LogP) is 4.45. The Morgan fingerprint density at radius 2 is 1.84 bits per heavy atom. The molecule has 0 aliphatic rings. The number of hydrogen-bond acceptors (Lipinski definition) is 4. The van der Waals surface area contributed by atoms with E-state index in [1.165, 1.54) is 37.5 Å². The molecule has 0 amide bonds. The van der Waals surface area contributed by atoms with Gasteiger partial charge in [0.1, 0.15) is 18.0 Å². The monoisotopic (exact) mass is 423 g/mol. The fraction of sp³-hybridized carbons (Fsp3) is 0.208. The molecule has 160 valence electrons. The zero-order valence-electron chi connectivity index (χ0n) is 17.4. The van der Waals surface area contributed by atoms with Crippen molar-refractivity contribution in [2.45, 2.75) is 26.3 Å². The largest absolute Gasteiger partial charge is 0.496 e. The molecule has 0 atom stereocenters. The number of halogens is 1. The number of carbonyl (C=O) groups is 2. The van der Waals surface area contributed by atoms with Gasteiger partial charge in [-0.25, -0.2) is 4.39 Å². The summed E-state index contributed by atoms with van der Waals surface area (Å²) in [4.78, 5) is 36.3. The van der Waals surface area contributed by atoms with Crippen molar-refractivity contribution >= 4 is 28.6 Å². The Labute approximate surface area is 178 Å². The number of ether oxygens (including phenoxy) is 1. The number of pyridine rings is 1. The van der Waals surface area contributed by atoms with E-state index in [0.29, 0.717) is 27.6 Å². The maximum absolute atomic E-state index is 13.9. The second-order valence-electron chi connectivity index (χ2n) is 7.29. The molecular weight excluding hydrogens is 401 g/mol. The maximum Gasteiger partial charge on any atom is 0.311 e. The van der Waals surface area contributed by atoms with Gasteiger partial charge in [-0.15, -0.1) is 0 Å². The van der Waals surface area contributed by atoms with Gasteiger partial charge in [-0.3, -0.25) is 14.4 Å². The molecule has 0 bridgehead atoms. The van der Waals surface area contributed by atoms with Crippen LogP contribution in [0.15, 0.2) is 53.3 Å². The Bertz CT molecular complexity index is 1260. The van der Waals surface area contributed by atoms with E-state index in [1.807, 2.05) is 13.8 Å². The van der Waals surface area contributed by atoms with E-state index in [-0.39, 0.29) is 17.4 Å². The van der Waals surface area contributed by atoms with E-state index in [9.17, 15) is 18.8 Å². The van der Waals surface area contributed by atoms with Crippen molar-refractivity contribution in [3.8, 4) is 17.0 Å². The number of benzene rings is 2. The molecule has 7 heteroatoms. The van der Waals surface area contributed by atoms with Gasteiger partial charge in [0.25, 0.3) is 5.56 Å². The number of nitrogens with zero attached hydrogens (tertiary/aromatic N) is 1. The smallest absolute Gasteiger partial charge is 0.311 e. The molecule has 1 heterocycles. The van der Waals surface area contributed by atoms with E-state index >= 15 is 0 Å². The first-order valence-electron chi connectivity index (χ1n) is 9.68. The Morgan fingerprint density at radius 1 is 1.16 bits per heavy atom. The van der Waals surface area contributed by atoms with Crippen LogP contribution >= 0.6 is 0 Å². The van der Waals surface area contributed by atoms with Crippen molar-refractivity contribution in [2.75, 3.05) is 7.11 Å². The van der Waals surface area contributed by atoms with Crippen LogP contribution in [0.1, 0.15) is 31.9 Å². The minimum atomic E-state index is -1.23. The summed E-state index contributed by atoms with van der Waals surface area (Å²) in [6.45, 7) is 3.69. The number of aliphatic carboxylic acids is 1. The second kappa shape index (κ2) is 8.95.